The molecule has 1 aliphatic rings. The molecule has 0 spiro atoms. The van der Waals surface area contributed by atoms with Crippen LogP contribution in [0.5, 0.6) is 0 Å². The van der Waals surface area contributed by atoms with Gasteiger partial charge in [-0.25, -0.2) is 4.79 Å². The number of hydrogen-bond donors (Lipinski definition) is 3. The van der Waals surface area contributed by atoms with Gasteiger partial charge in [-0.1, -0.05) is 24.3 Å². The third kappa shape index (κ3) is 7.33. The largest absolute Gasteiger partial charge is 0.492 e. The van der Waals surface area contributed by atoms with E-state index in [1.54, 1.807) is 51.1 Å². The number of amides is 2. The van der Waals surface area contributed by atoms with Crippen molar-refractivity contribution in [2.24, 2.45) is 0 Å². The van der Waals surface area contributed by atoms with Gasteiger partial charge >= 0.3 is 19.2 Å². The molecular weight excluding hydrogens is 427 g/mol. The highest BCUT2D eigenvalue weighted by Gasteiger charge is 2.52. The Morgan fingerprint density at radius 2 is 1.61 bits per heavy atom. The number of aliphatic carboxylic acids is 1. The zero-order valence-electron chi connectivity index (χ0n) is 20.3. The van der Waals surface area contributed by atoms with Crippen molar-refractivity contribution in [1.29, 1.82) is 0 Å². The molecule has 0 unspecified atom stereocenters. The predicted molar refractivity (Wildman–Crippen MR) is 125 cm³/mol. The first-order valence-electron chi connectivity index (χ1n) is 10.7. The molecule has 0 atom stereocenters. The number of alkyl carbamates (subject to hydrolysis) is 1. The van der Waals surface area contributed by atoms with Crippen LogP contribution in [0.3, 0.4) is 0 Å². The lowest BCUT2D eigenvalue weighted by Gasteiger charge is -2.32. The molecule has 0 radical (unpaired) electrons. The van der Waals surface area contributed by atoms with Crippen molar-refractivity contribution in [1.82, 2.24) is 10.6 Å². The van der Waals surface area contributed by atoms with Crippen LogP contribution in [0.15, 0.2) is 29.7 Å². The van der Waals surface area contributed by atoms with Crippen molar-refractivity contribution < 1.29 is 33.5 Å². The minimum Gasteiger partial charge on any atom is -0.480 e. The highest BCUT2D eigenvalue weighted by atomic mass is 16.7. The number of carbonyl (C=O) groups excluding carboxylic acids is 2. The summed E-state index contributed by atoms with van der Waals surface area (Å²) in [6.45, 7) is 12.5. The van der Waals surface area contributed by atoms with Crippen molar-refractivity contribution in [3.63, 3.8) is 0 Å². The maximum Gasteiger partial charge on any atom is 0.492 e. The quantitative estimate of drug-likeness (QED) is 0.535. The van der Waals surface area contributed by atoms with Gasteiger partial charge in [0.15, 0.2) is 0 Å². The summed E-state index contributed by atoms with van der Waals surface area (Å²) in [6.07, 6.45) is 1.10. The summed E-state index contributed by atoms with van der Waals surface area (Å²) in [5.41, 5.74) is -0.506. The van der Waals surface area contributed by atoms with Crippen molar-refractivity contribution in [2.75, 3.05) is 13.1 Å². The molecule has 0 aromatic heterocycles. The Morgan fingerprint density at radius 3 is 2.15 bits per heavy atom. The smallest absolute Gasteiger partial charge is 0.480 e. The molecule has 1 aromatic rings. The molecule has 1 fully saturated rings. The lowest BCUT2D eigenvalue weighted by molar-refractivity contribution is -0.135. The Labute approximate surface area is 195 Å². The van der Waals surface area contributed by atoms with Crippen LogP contribution in [0.4, 0.5) is 4.79 Å². The van der Waals surface area contributed by atoms with Crippen molar-refractivity contribution in [3.05, 3.63) is 40.9 Å². The van der Waals surface area contributed by atoms with Gasteiger partial charge in [0.2, 0.25) is 0 Å². The molecular formula is C23H33BN2O7. The molecule has 1 saturated heterocycles. The topological polar surface area (TPSA) is 123 Å². The molecule has 3 N–H and O–H groups in total. The van der Waals surface area contributed by atoms with E-state index in [1.165, 1.54) is 0 Å². The van der Waals surface area contributed by atoms with Crippen molar-refractivity contribution >= 4 is 31.2 Å². The molecule has 0 bridgehead atoms. The lowest BCUT2D eigenvalue weighted by atomic mass is 9.76. The summed E-state index contributed by atoms with van der Waals surface area (Å²) in [4.78, 5) is 35.6. The van der Waals surface area contributed by atoms with Gasteiger partial charge in [0.1, 0.15) is 12.1 Å². The van der Waals surface area contributed by atoms with Gasteiger partial charge in [-0.15, -0.1) is 0 Å². The van der Waals surface area contributed by atoms with E-state index >= 15 is 0 Å². The summed E-state index contributed by atoms with van der Waals surface area (Å²) in [5, 5.41) is 13.9. The highest BCUT2D eigenvalue weighted by molar-refractivity contribution is 6.56. The molecule has 1 aromatic carbocycles. The molecule has 9 nitrogen and oxygen atoms in total. The maximum absolute atomic E-state index is 12.5. The number of ether oxygens (including phenoxy) is 1. The number of carboxylic acids is 1. The number of hydrogen-bond acceptors (Lipinski definition) is 6. The number of rotatable bonds is 7. The standard InChI is InChI=1S/C23H33BN2O7/c1-21(2,3)31-20(30)26-13-16(24-32-22(4,5)23(6,7)33-24)12-15-10-8-9-11-17(15)19(29)25-14-18(27)28/h8-12H,13-14H2,1-7H3,(H,25,29)(H,26,30)(H,27,28). The summed E-state index contributed by atoms with van der Waals surface area (Å²) < 4.78 is 17.6. The Bertz CT molecular complexity index is 919. The molecule has 33 heavy (non-hydrogen) atoms. The van der Waals surface area contributed by atoms with Crippen LogP contribution in [-0.4, -0.2) is 60.1 Å². The lowest BCUT2D eigenvalue weighted by Crippen LogP contribution is -2.41. The minimum atomic E-state index is -1.14. The second kappa shape index (κ2) is 9.97. The number of benzene rings is 1. The zero-order valence-corrected chi connectivity index (χ0v) is 20.3. The van der Waals surface area contributed by atoms with E-state index in [0.29, 0.717) is 11.0 Å². The van der Waals surface area contributed by atoms with Crippen LogP contribution in [0.2, 0.25) is 0 Å². The first kappa shape index (κ1) is 26.4. The molecule has 0 aliphatic carbocycles. The summed E-state index contributed by atoms with van der Waals surface area (Å²) in [6, 6.07) is 6.74. The van der Waals surface area contributed by atoms with E-state index in [2.05, 4.69) is 10.6 Å². The fraction of sp³-hybridized carbons (Fsp3) is 0.522. The van der Waals surface area contributed by atoms with Crippen molar-refractivity contribution in [3.8, 4) is 0 Å². The van der Waals surface area contributed by atoms with E-state index in [9.17, 15) is 14.4 Å². The second-order valence-electron chi connectivity index (χ2n) is 9.83. The molecule has 2 amide bonds. The fourth-order valence-electron chi connectivity index (χ4n) is 2.97. The van der Waals surface area contributed by atoms with Gasteiger partial charge in [0.05, 0.1) is 11.2 Å². The number of nitrogens with one attached hydrogen (secondary N) is 2. The minimum absolute atomic E-state index is 0.0524. The third-order valence-electron chi connectivity index (χ3n) is 5.34. The Morgan fingerprint density at radius 1 is 1.03 bits per heavy atom. The van der Waals surface area contributed by atoms with Crippen LogP contribution in [-0.2, 0) is 18.8 Å². The molecule has 1 heterocycles. The van der Waals surface area contributed by atoms with Gasteiger partial charge < -0.3 is 29.8 Å². The second-order valence-corrected chi connectivity index (χ2v) is 9.83. The van der Waals surface area contributed by atoms with Crippen LogP contribution in [0, 0.1) is 0 Å². The molecule has 1 aliphatic heterocycles. The van der Waals surface area contributed by atoms with E-state index in [-0.39, 0.29) is 12.1 Å². The molecule has 10 heteroatoms. The summed E-state index contributed by atoms with van der Waals surface area (Å²) >= 11 is 0. The van der Waals surface area contributed by atoms with Gasteiger partial charge in [0.25, 0.3) is 5.91 Å². The van der Waals surface area contributed by atoms with Gasteiger partial charge in [-0.05, 0) is 65.6 Å². The normalized spacial score (nSPS) is 17.4. The first-order valence-corrected chi connectivity index (χ1v) is 10.7. The first-order chi connectivity index (χ1) is 15.1. The monoisotopic (exact) mass is 460 g/mol. The van der Waals surface area contributed by atoms with Gasteiger partial charge in [-0.3, -0.25) is 9.59 Å². The van der Waals surface area contributed by atoms with Crippen LogP contribution in [0.25, 0.3) is 6.08 Å². The SMILES string of the molecule is CC(C)(C)OC(=O)NCC(=Cc1ccccc1C(=O)NCC(=O)O)B1OC(C)(C)C(C)(C)O1. The van der Waals surface area contributed by atoms with E-state index < -0.39 is 48.4 Å². The highest BCUT2D eigenvalue weighted by Crippen LogP contribution is 2.38. The Balaban J connectivity index is 2.37. The van der Waals surface area contributed by atoms with Gasteiger partial charge in [0, 0.05) is 12.1 Å². The third-order valence-corrected chi connectivity index (χ3v) is 5.34. The van der Waals surface area contributed by atoms with E-state index in [0.717, 1.165) is 0 Å². The predicted octanol–water partition coefficient (Wildman–Crippen LogP) is 3.04. The van der Waals surface area contributed by atoms with Crippen LogP contribution < -0.4 is 10.6 Å². The van der Waals surface area contributed by atoms with Crippen LogP contribution >= 0.6 is 0 Å². The van der Waals surface area contributed by atoms with Crippen LogP contribution in [0.1, 0.15) is 64.4 Å². The Hall–Kier alpha value is -2.85. The number of carboxylic acid groups (broad SMARTS) is 1. The molecule has 180 valence electrons. The molecule has 2 rings (SSSR count). The van der Waals surface area contributed by atoms with E-state index in [4.69, 9.17) is 19.2 Å². The molecule has 0 saturated carbocycles. The maximum atomic E-state index is 12.5. The summed E-state index contributed by atoms with van der Waals surface area (Å²) in [5.74, 6) is -1.67. The summed E-state index contributed by atoms with van der Waals surface area (Å²) in [7, 11) is -0.778. The van der Waals surface area contributed by atoms with Crippen molar-refractivity contribution in [2.45, 2.75) is 65.3 Å². The average Bonchev–Trinajstić information content (AvgIpc) is 2.89. The zero-order chi connectivity index (χ0) is 25.0. The van der Waals surface area contributed by atoms with E-state index in [1.807, 2.05) is 27.7 Å². The average molecular weight is 460 g/mol. The number of carbonyl (C=O) groups is 3. The Kier molecular flexibility index (Phi) is 7.98. The van der Waals surface area contributed by atoms with Gasteiger partial charge in [-0.2, -0.15) is 0 Å². The fourth-order valence-corrected chi connectivity index (χ4v) is 2.97.